The first-order valence-electron chi connectivity index (χ1n) is 10.2. The van der Waals surface area contributed by atoms with Gasteiger partial charge in [0.25, 0.3) is 0 Å². The van der Waals surface area contributed by atoms with Gasteiger partial charge in [-0.1, -0.05) is 32.0 Å². The highest BCUT2D eigenvalue weighted by atomic mass is 127. The highest BCUT2D eigenvalue weighted by molar-refractivity contribution is 14.0. The molecule has 164 valence electrons. The standard InChI is InChI=1S/C21H35N5OS.HI/c1-5-25(6-2)18-12-14-26(17-18)21(23-16-20(27)24(3)4)22-13-15-28-19-10-8-7-9-11-19;/h7-11,18H,5-6,12-17H2,1-4H3,(H,22,23);1H. The molecule has 0 aromatic heterocycles. The Labute approximate surface area is 197 Å². The molecule has 1 aromatic rings. The lowest BCUT2D eigenvalue weighted by Gasteiger charge is -2.27. The van der Waals surface area contributed by atoms with Gasteiger partial charge >= 0.3 is 0 Å². The molecule has 1 amide bonds. The lowest BCUT2D eigenvalue weighted by atomic mass is 10.2. The smallest absolute Gasteiger partial charge is 0.243 e. The average molecular weight is 534 g/mol. The molecule has 0 spiro atoms. The molecule has 1 aliphatic rings. The molecule has 1 atom stereocenters. The molecule has 1 N–H and O–H groups in total. The van der Waals surface area contributed by atoms with Crippen LogP contribution >= 0.6 is 35.7 Å². The van der Waals surface area contributed by atoms with Crippen molar-refractivity contribution in [1.29, 1.82) is 0 Å². The summed E-state index contributed by atoms with van der Waals surface area (Å²) in [4.78, 5) is 24.3. The normalized spacial score (nSPS) is 16.7. The molecule has 0 saturated carbocycles. The van der Waals surface area contributed by atoms with E-state index in [1.165, 1.54) is 4.90 Å². The van der Waals surface area contributed by atoms with Gasteiger partial charge in [-0.05, 0) is 31.6 Å². The summed E-state index contributed by atoms with van der Waals surface area (Å²) in [5, 5.41) is 3.49. The Kier molecular flexibility index (Phi) is 12.6. The van der Waals surface area contributed by atoms with Crippen LogP contribution in [0.5, 0.6) is 0 Å². The fourth-order valence-electron chi connectivity index (χ4n) is 3.37. The largest absolute Gasteiger partial charge is 0.355 e. The van der Waals surface area contributed by atoms with Gasteiger partial charge in [0.05, 0.1) is 0 Å². The average Bonchev–Trinajstić information content (AvgIpc) is 3.18. The van der Waals surface area contributed by atoms with Crippen molar-refractivity contribution in [2.24, 2.45) is 4.99 Å². The predicted octanol–water partition coefficient (Wildman–Crippen LogP) is 2.85. The molecule has 0 aliphatic carbocycles. The zero-order chi connectivity index (χ0) is 20.4. The second-order valence-corrected chi connectivity index (χ2v) is 8.29. The van der Waals surface area contributed by atoms with Crippen LogP contribution in [-0.2, 0) is 4.79 Å². The fraction of sp³-hybridized carbons (Fsp3) is 0.619. The zero-order valence-corrected chi connectivity index (χ0v) is 21.3. The van der Waals surface area contributed by atoms with Crippen LogP contribution in [0, 0.1) is 0 Å². The number of guanidine groups is 1. The van der Waals surface area contributed by atoms with E-state index in [9.17, 15) is 4.79 Å². The predicted molar refractivity (Wildman–Crippen MR) is 134 cm³/mol. The Morgan fingerprint density at radius 2 is 1.93 bits per heavy atom. The van der Waals surface area contributed by atoms with Gasteiger partial charge < -0.3 is 15.1 Å². The number of likely N-dealkylation sites (N-methyl/N-ethyl adjacent to an activating group) is 2. The van der Waals surface area contributed by atoms with E-state index in [0.29, 0.717) is 6.04 Å². The summed E-state index contributed by atoms with van der Waals surface area (Å²) >= 11 is 1.83. The van der Waals surface area contributed by atoms with Crippen molar-refractivity contribution in [3.63, 3.8) is 0 Å². The molecule has 1 aliphatic heterocycles. The number of aliphatic imine (C=N–C) groups is 1. The molecular weight excluding hydrogens is 497 g/mol. The summed E-state index contributed by atoms with van der Waals surface area (Å²) in [5.74, 6) is 1.84. The molecule has 1 aromatic carbocycles. The Morgan fingerprint density at radius 3 is 2.55 bits per heavy atom. The van der Waals surface area contributed by atoms with Gasteiger partial charge in [0.1, 0.15) is 6.54 Å². The van der Waals surface area contributed by atoms with Crippen LogP contribution in [0.4, 0.5) is 0 Å². The molecule has 6 nitrogen and oxygen atoms in total. The number of nitrogens with zero attached hydrogens (tertiary/aromatic N) is 4. The van der Waals surface area contributed by atoms with Gasteiger partial charge in [0, 0.05) is 50.4 Å². The molecule has 1 fully saturated rings. The molecule has 1 heterocycles. The second kappa shape index (κ2) is 14.1. The third-order valence-corrected chi connectivity index (χ3v) is 6.07. The molecule has 1 saturated heterocycles. The molecule has 0 radical (unpaired) electrons. The minimum absolute atomic E-state index is 0. The number of nitrogens with one attached hydrogen (secondary N) is 1. The summed E-state index contributed by atoms with van der Waals surface area (Å²) < 4.78 is 0. The van der Waals surface area contributed by atoms with Gasteiger partial charge in [-0.25, -0.2) is 4.99 Å². The number of carbonyl (C=O) groups is 1. The first-order valence-corrected chi connectivity index (χ1v) is 11.2. The maximum absolute atomic E-state index is 12.0. The quantitative estimate of drug-likeness (QED) is 0.174. The fourth-order valence-corrected chi connectivity index (χ4v) is 4.16. The number of amides is 1. The second-order valence-electron chi connectivity index (χ2n) is 7.13. The molecule has 2 rings (SSSR count). The zero-order valence-electron chi connectivity index (χ0n) is 18.1. The van der Waals surface area contributed by atoms with Gasteiger partial charge in [0.2, 0.25) is 5.91 Å². The third-order valence-electron chi connectivity index (χ3n) is 5.05. The number of carbonyl (C=O) groups excluding carboxylic acids is 1. The minimum atomic E-state index is 0. The van der Waals surface area contributed by atoms with E-state index >= 15 is 0 Å². The highest BCUT2D eigenvalue weighted by Crippen LogP contribution is 2.17. The van der Waals surface area contributed by atoms with Crippen molar-refractivity contribution in [2.75, 3.05) is 59.1 Å². The van der Waals surface area contributed by atoms with Gasteiger partial charge in [0.15, 0.2) is 5.96 Å². The summed E-state index contributed by atoms with van der Waals surface area (Å²) in [6, 6.07) is 11.0. The van der Waals surface area contributed by atoms with E-state index in [1.807, 2.05) is 17.8 Å². The topological polar surface area (TPSA) is 51.2 Å². The van der Waals surface area contributed by atoms with E-state index < -0.39 is 0 Å². The summed E-state index contributed by atoms with van der Waals surface area (Å²) in [6.07, 6.45) is 1.14. The molecular formula is C21H36IN5OS. The molecule has 29 heavy (non-hydrogen) atoms. The number of halogens is 1. The van der Waals surface area contributed by atoms with Crippen LogP contribution in [0.3, 0.4) is 0 Å². The molecule has 0 bridgehead atoms. The lowest BCUT2D eigenvalue weighted by Crippen LogP contribution is -2.44. The van der Waals surface area contributed by atoms with Crippen LogP contribution in [0.1, 0.15) is 20.3 Å². The van der Waals surface area contributed by atoms with Crippen molar-refractivity contribution in [3.05, 3.63) is 30.3 Å². The SMILES string of the molecule is CCN(CC)C1CCN(C(=NCC(=O)N(C)C)NCCSc2ccccc2)C1.I. The number of likely N-dealkylation sites (tertiary alicyclic amines) is 1. The Balaban J connectivity index is 0.00000420. The minimum Gasteiger partial charge on any atom is -0.355 e. The number of benzene rings is 1. The van der Waals surface area contributed by atoms with E-state index in [2.05, 4.69) is 58.2 Å². The van der Waals surface area contributed by atoms with E-state index in [1.54, 1.807) is 19.0 Å². The van der Waals surface area contributed by atoms with Crippen LogP contribution in [0.15, 0.2) is 40.2 Å². The van der Waals surface area contributed by atoms with Crippen molar-refractivity contribution in [3.8, 4) is 0 Å². The maximum atomic E-state index is 12.0. The number of hydrogen-bond acceptors (Lipinski definition) is 4. The molecule has 8 heteroatoms. The summed E-state index contributed by atoms with van der Waals surface area (Å²) in [6.45, 7) is 9.54. The number of hydrogen-bond donors (Lipinski definition) is 1. The highest BCUT2D eigenvalue weighted by Gasteiger charge is 2.28. The van der Waals surface area contributed by atoms with E-state index in [4.69, 9.17) is 0 Å². The van der Waals surface area contributed by atoms with Crippen molar-refractivity contribution >= 4 is 47.6 Å². The van der Waals surface area contributed by atoms with Gasteiger partial charge in [-0.15, -0.1) is 35.7 Å². The first kappa shape index (κ1) is 26.0. The first-order chi connectivity index (χ1) is 13.5. The summed E-state index contributed by atoms with van der Waals surface area (Å²) in [5.41, 5.74) is 0. The summed E-state index contributed by atoms with van der Waals surface area (Å²) in [7, 11) is 3.54. The van der Waals surface area contributed by atoms with Crippen LogP contribution < -0.4 is 5.32 Å². The van der Waals surface area contributed by atoms with Crippen molar-refractivity contribution in [1.82, 2.24) is 20.0 Å². The van der Waals surface area contributed by atoms with Crippen molar-refractivity contribution < 1.29 is 4.79 Å². The van der Waals surface area contributed by atoms with Gasteiger partial charge in [-0.2, -0.15) is 0 Å². The Bertz CT molecular complexity index is 625. The maximum Gasteiger partial charge on any atom is 0.243 e. The van der Waals surface area contributed by atoms with Gasteiger partial charge in [-0.3, -0.25) is 9.69 Å². The van der Waals surface area contributed by atoms with Crippen molar-refractivity contribution in [2.45, 2.75) is 31.2 Å². The third kappa shape index (κ3) is 8.72. The monoisotopic (exact) mass is 533 g/mol. The number of thioether (sulfide) groups is 1. The van der Waals surface area contributed by atoms with Crippen LogP contribution in [-0.4, -0.2) is 91.7 Å². The van der Waals surface area contributed by atoms with Crippen LogP contribution in [0.2, 0.25) is 0 Å². The van der Waals surface area contributed by atoms with Crippen LogP contribution in [0.25, 0.3) is 0 Å². The van der Waals surface area contributed by atoms with E-state index in [-0.39, 0.29) is 36.4 Å². The Morgan fingerprint density at radius 1 is 1.24 bits per heavy atom. The van der Waals surface area contributed by atoms with E-state index in [0.717, 1.165) is 50.9 Å². The lowest BCUT2D eigenvalue weighted by molar-refractivity contribution is -0.127. The number of rotatable bonds is 9. The molecule has 1 unspecified atom stereocenters. The Hall–Kier alpha value is -1.000.